The molecule has 0 aliphatic rings. The number of nitrogens with zero attached hydrogens (tertiary/aromatic N) is 2. The highest BCUT2D eigenvalue weighted by Crippen LogP contribution is 2.23. The number of nitrogens with one attached hydrogen (secondary N) is 1. The largest absolute Gasteiger partial charge is 0.392 e. The molecule has 0 saturated carbocycles. The van der Waals surface area contributed by atoms with Crippen LogP contribution in [0.1, 0.15) is 11.3 Å². The zero-order valence-electron chi connectivity index (χ0n) is 11.0. The van der Waals surface area contributed by atoms with E-state index in [1.807, 2.05) is 0 Å². The van der Waals surface area contributed by atoms with Crippen LogP contribution in [-0.4, -0.2) is 23.3 Å². The molecule has 2 rings (SSSR count). The van der Waals surface area contributed by atoms with E-state index in [0.29, 0.717) is 22.0 Å². The maximum absolute atomic E-state index is 12.3. The van der Waals surface area contributed by atoms with E-state index in [9.17, 15) is 8.42 Å². The molecule has 0 bridgehead atoms. The minimum absolute atomic E-state index is 0.0363. The van der Waals surface area contributed by atoms with Gasteiger partial charge in [-0.05, 0) is 30.7 Å². The van der Waals surface area contributed by atoms with Crippen LogP contribution in [0.15, 0.2) is 29.3 Å². The van der Waals surface area contributed by atoms with Gasteiger partial charge in [0.2, 0.25) is 0 Å². The molecule has 20 heavy (non-hydrogen) atoms. The summed E-state index contributed by atoms with van der Waals surface area (Å²) in [7, 11) is -2.04. The van der Waals surface area contributed by atoms with Crippen LogP contribution in [0.3, 0.4) is 0 Å². The van der Waals surface area contributed by atoms with Gasteiger partial charge in [-0.25, -0.2) is 8.42 Å². The molecule has 0 atom stereocenters. The first-order valence-corrected chi connectivity index (χ1v) is 7.62. The summed E-state index contributed by atoms with van der Waals surface area (Å²) < 4.78 is 28.5. The highest BCUT2D eigenvalue weighted by molar-refractivity contribution is 7.92. The number of hydrogen-bond donors (Lipinski definition) is 2. The van der Waals surface area contributed by atoms with Crippen LogP contribution < -0.4 is 4.72 Å². The van der Waals surface area contributed by atoms with Crippen molar-refractivity contribution in [2.75, 3.05) is 4.72 Å². The molecule has 0 unspecified atom stereocenters. The summed E-state index contributed by atoms with van der Waals surface area (Å²) >= 11 is 5.85. The number of benzene rings is 1. The Hall–Kier alpha value is -1.57. The summed E-state index contributed by atoms with van der Waals surface area (Å²) in [6, 6.07) is 4.17. The van der Waals surface area contributed by atoms with Crippen LogP contribution in [0.2, 0.25) is 5.02 Å². The summed E-state index contributed by atoms with van der Waals surface area (Å²) in [5, 5.41) is 13.5. The SMILES string of the molecule is Cc1nn(C)cc1NS(=O)(=O)c1ccc(Cl)c(CO)c1. The lowest BCUT2D eigenvalue weighted by atomic mass is 10.2. The minimum atomic E-state index is -3.74. The molecule has 0 radical (unpaired) electrons. The molecular formula is C12H14ClN3O3S. The molecule has 0 saturated heterocycles. The van der Waals surface area contributed by atoms with E-state index in [1.165, 1.54) is 22.9 Å². The summed E-state index contributed by atoms with van der Waals surface area (Å²) in [6.07, 6.45) is 1.58. The number of halogens is 1. The Morgan fingerprint density at radius 2 is 2.15 bits per heavy atom. The Bertz CT molecular complexity index is 740. The molecule has 1 heterocycles. The second-order valence-corrected chi connectivity index (χ2v) is 6.41. The Morgan fingerprint density at radius 1 is 1.45 bits per heavy atom. The molecule has 8 heteroatoms. The van der Waals surface area contributed by atoms with Crippen molar-refractivity contribution in [2.45, 2.75) is 18.4 Å². The number of aliphatic hydroxyl groups is 1. The van der Waals surface area contributed by atoms with Crippen molar-refractivity contribution in [3.8, 4) is 0 Å². The van der Waals surface area contributed by atoms with E-state index in [4.69, 9.17) is 16.7 Å². The normalized spacial score (nSPS) is 11.6. The van der Waals surface area contributed by atoms with Gasteiger partial charge in [0.1, 0.15) is 0 Å². The predicted molar refractivity (Wildman–Crippen MR) is 76.1 cm³/mol. The third-order valence-electron chi connectivity index (χ3n) is 2.76. The van der Waals surface area contributed by atoms with Crippen LogP contribution in [0.4, 0.5) is 5.69 Å². The highest BCUT2D eigenvalue weighted by Gasteiger charge is 2.18. The van der Waals surface area contributed by atoms with Crippen molar-refractivity contribution in [1.82, 2.24) is 9.78 Å². The third-order valence-corrected chi connectivity index (χ3v) is 4.49. The predicted octanol–water partition coefficient (Wildman–Crippen LogP) is 1.68. The Kier molecular flexibility index (Phi) is 4.03. The van der Waals surface area contributed by atoms with Crippen molar-refractivity contribution in [3.05, 3.63) is 40.7 Å². The van der Waals surface area contributed by atoms with Gasteiger partial charge in [-0.1, -0.05) is 11.6 Å². The lowest BCUT2D eigenvalue weighted by Crippen LogP contribution is -2.13. The summed E-state index contributed by atoms with van der Waals surface area (Å²) in [6.45, 7) is 1.38. The number of sulfonamides is 1. The number of hydrogen-bond acceptors (Lipinski definition) is 4. The number of anilines is 1. The van der Waals surface area contributed by atoms with Crippen molar-refractivity contribution < 1.29 is 13.5 Å². The minimum Gasteiger partial charge on any atom is -0.392 e. The molecule has 0 spiro atoms. The van der Waals surface area contributed by atoms with Gasteiger partial charge >= 0.3 is 0 Å². The average Bonchev–Trinajstić information content (AvgIpc) is 2.67. The van der Waals surface area contributed by atoms with Crippen molar-refractivity contribution >= 4 is 27.3 Å². The second-order valence-electron chi connectivity index (χ2n) is 4.32. The average molecular weight is 316 g/mol. The first kappa shape index (κ1) is 14.8. The van der Waals surface area contributed by atoms with Gasteiger partial charge < -0.3 is 5.11 Å². The van der Waals surface area contributed by atoms with E-state index in [1.54, 1.807) is 20.2 Å². The molecule has 2 N–H and O–H groups in total. The Morgan fingerprint density at radius 3 is 2.70 bits per heavy atom. The molecule has 6 nitrogen and oxygen atoms in total. The van der Waals surface area contributed by atoms with E-state index >= 15 is 0 Å². The van der Waals surface area contributed by atoms with Crippen molar-refractivity contribution in [2.24, 2.45) is 7.05 Å². The topological polar surface area (TPSA) is 84.2 Å². The second kappa shape index (κ2) is 5.43. The van der Waals surface area contributed by atoms with Crippen molar-refractivity contribution in [1.29, 1.82) is 0 Å². The number of aliphatic hydroxyl groups excluding tert-OH is 1. The molecular weight excluding hydrogens is 302 g/mol. The zero-order valence-corrected chi connectivity index (χ0v) is 12.5. The van der Waals surface area contributed by atoms with Crippen LogP contribution in [0.5, 0.6) is 0 Å². The van der Waals surface area contributed by atoms with E-state index in [0.717, 1.165) is 0 Å². The fourth-order valence-corrected chi connectivity index (χ4v) is 3.07. The lowest BCUT2D eigenvalue weighted by molar-refractivity contribution is 0.281. The number of aryl methyl sites for hydroxylation is 2. The summed E-state index contributed by atoms with van der Waals surface area (Å²) in [5.74, 6) is 0. The van der Waals surface area contributed by atoms with Crippen LogP contribution in [-0.2, 0) is 23.7 Å². The smallest absolute Gasteiger partial charge is 0.262 e. The quantitative estimate of drug-likeness (QED) is 0.899. The van der Waals surface area contributed by atoms with Crippen LogP contribution >= 0.6 is 11.6 Å². The van der Waals surface area contributed by atoms with Gasteiger partial charge in [0.25, 0.3) is 10.0 Å². The lowest BCUT2D eigenvalue weighted by Gasteiger charge is -2.09. The molecule has 0 aliphatic carbocycles. The molecule has 108 valence electrons. The molecule has 0 amide bonds. The monoisotopic (exact) mass is 315 g/mol. The molecule has 0 aliphatic heterocycles. The molecule has 1 aromatic carbocycles. The van der Waals surface area contributed by atoms with Gasteiger partial charge in [0, 0.05) is 18.3 Å². The molecule has 2 aromatic rings. The Balaban J connectivity index is 2.38. The fourth-order valence-electron chi connectivity index (χ4n) is 1.74. The van der Waals surface area contributed by atoms with E-state index < -0.39 is 10.0 Å². The van der Waals surface area contributed by atoms with Gasteiger partial charge in [-0.15, -0.1) is 0 Å². The molecule has 1 aromatic heterocycles. The standard InChI is InChI=1S/C12H14ClN3O3S/c1-8-12(6-16(2)14-8)15-20(18,19)10-3-4-11(13)9(5-10)7-17/h3-6,15,17H,7H2,1-2H3. The van der Waals surface area contributed by atoms with Gasteiger partial charge in [-0.3, -0.25) is 9.40 Å². The van der Waals surface area contributed by atoms with Crippen molar-refractivity contribution in [3.63, 3.8) is 0 Å². The van der Waals surface area contributed by atoms with E-state index in [-0.39, 0.29) is 11.5 Å². The number of aromatic nitrogens is 2. The maximum Gasteiger partial charge on any atom is 0.262 e. The summed E-state index contributed by atoms with van der Waals surface area (Å²) in [4.78, 5) is 0.0363. The maximum atomic E-state index is 12.3. The first-order valence-electron chi connectivity index (χ1n) is 5.76. The summed E-state index contributed by atoms with van der Waals surface area (Å²) in [5.41, 5.74) is 1.35. The van der Waals surface area contributed by atoms with Crippen LogP contribution in [0, 0.1) is 6.92 Å². The van der Waals surface area contributed by atoms with E-state index in [2.05, 4.69) is 9.82 Å². The molecule has 0 fully saturated rings. The third kappa shape index (κ3) is 2.95. The number of rotatable bonds is 4. The van der Waals surface area contributed by atoms with Gasteiger partial charge in [-0.2, -0.15) is 5.10 Å². The van der Waals surface area contributed by atoms with Gasteiger partial charge in [0.15, 0.2) is 0 Å². The Labute approximate surface area is 122 Å². The first-order chi connectivity index (χ1) is 9.33. The zero-order chi connectivity index (χ0) is 14.9. The van der Waals surface area contributed by atoms with Crippen LogP contribution in [0.25, 0.3) is 0 Å². The highest BCUT2D eigenvalue weighted by atomic mass is 35.5. The van der Waals surface area contributed by atoms with Gasteiger partial charge in [0.05, 0.1) is 22.9 Å². The fraction of sp³-hybridized carbons (Fsp3) is 0.250.